The molecule has 8 bridgehead atoms. The van der Waals surface area contributed by atoms with Crippen LogP contribution in [0.5, 0.6) is 0 Å². The van der Waals surface area contributed by atoms with Gasteiger partial charge in [0.25, 0.3) is 0 Å². The Morgan fingerprint density at radius 3 is 0.955 bits per heavy atom. The molecule has 16 atom stereocenters. The van der Waals surface area contributed by atoms with Gasteiger partial charge in [-0.2, -0.15) is 6.42 Å². The maximum absolute atomic E-state index is 8.50. The Labute approximate surface area is 283 Å². The van der Waals surface area contributed by atoms with Crippen LogP contribution < -0.4 is 42.5 Å². The van der Waals surface area contributed by atoms with Crippen LogP contribution in [0.25, 0.3) is 0 Å². The predicted octanol–water partition coefficient (Wildman–Crippen LogP) is 2.18. The van der Waals surface area contributed by atoms with Crippen molar-refractivity contribution in [3.05, 3.63) is 6.42 Å². The molecule has 5 heterocycles. The molecule has 0 aromatic heterocycles. The second-order valence-electron chi connectivity index (χ2n) is 15.5. The topological polar surface area (TPSA) is 130 Å². The van der Waals surface area contributed by atoms with Gasteiger partial charge in [-0.3, -0.25) is 42.5 Å². The van der Waals surface area contributed by atoms with Gasteiger partial charge >= 0.3 is 25.7 Å². The molecule has 16 unspecified atom stereocenters. The van der Waals surface area contributed by atoms with Gasteiger partial charge in [0.2, 0.25) is 0 Å². The van der Waals surface area contributed by atoms with Gasteiger partial charge in [-0.1, -0.05) is 51.4 Å². The number of hydrogen-bond acceptors (Lipinski definition) is 10. The molecular formula is C32H55CoN8O2Ti-. The monoisotopic (exact) mass is 690 g/mol. The van der Waals surface area contributed by atoms with Crippen molar-refractivity contribution in [2.24, 2.45) is 47.3 Å². The Morgan fingerprint density at radius 2 is 0.636 bits per heavy atom. The molecule has 249 valence electrons. The average molecular weight is 691 g/mol. The molecule has 9 aliphatic rings. The summed E-state index contributed by atoms with van der Waals surface area (Å²) in [5.74, 6) is 5.74. The first-order chi connectivity index (χ1) is 21.2. The third kappa shape index (κ3) is 6.22. The molecule has 0 aromatic carbocycles. The van der Waals surface area contributed by atoms with E-state index >= 15 is 0 Å². The van der Waals surface area contributed by atoms with E-state index in [2.05, 4.69) is 49.0 Å². The molecule has 5 aliphatic heterocycles. The Morgan fingerprint density at radius 1 is 0.386 bits per heavy atom. The Kier molecular flexibility index (Phi) is 10.9. The fourth-order valence-electron chi connectivity index (χ4n) is 11.7. The van der Waals surface area contributed by atoms with E-state index in [9.17, 15) is 0 Å². The first kappa shape index (κ1) is 33.0. The number of fused-ring (bicyclic) bond motifs is 20. The number of nitrogens with one attached hydrogen (secondary N) is 8. The van der Waals surface area contributed by atoms with Gasteiger partial charge in [0, 0.05) is 22.9 Å². The first-order valence-corrected chi connectivity index (χ1v) is 19.4. The molecule has 12 heteroatoms. The van der Waals surface area contributed by atoms with Gasteiger partial charge in [-0.05, 0) is 80.0 Å². The van der Waals surface area contributed by atoms with Crippen molar-refractivity contribution in [3.63, 3.8) is 0 Å². The van der Waals surface area contributed by atoms with E-state index in [1.807, 2.05) is 0 Å². The Balaban J connectivity index is 0.000000753. The Bertz CT molecular complexity index is 817. The number of rotatable bonds is 0. The van der Waals surface area contributed by atoms with Crippen LogP contribution in [0.15, 0.2) is 0 Å². The zero-order valence-electron chi connectivity index (χ0n) is 26.1. The van der Waals surface area contributed by atoms with E-state index in [0.29, 0.717) is 61.2 Å². The van der Waals surface area contributed by atoms with Crippen molar-refractivity contribution in [3.8, 4) is 0 Å². The third-order valence-electron chi connectivity index (χ3n) is 13.6. The van der Waals surface area contributed by atoms with Crippen LogP contribution in [-0.2, 0) is 42.5 Å². The van der Waals surface area contributed by atoms with Crippen LogP contribution in [0.2, 0.25) is 0 Å². The van der Waals surface area contributed by atoms with Crippen LogP contribution in [0, 0.1) is 53.8 Å². The minimum absolute atomic E-state index is 0. The normalized spacial score (nSPS) is 52.5. The van der Waals surface area contributed by atoms with Gasteiger partial charge in [0.1, 0.15) is 0 Å². The summed E-state index contributed by atoms with van der Waals surface area (Å²) in [4.78, 5) is 0. The molecule has 8 N–H and O–H groups in total. The summed E-state index contributed by atoms with van der Waals surface area (Å²) < 4.78 is 17.0. The summed E-state index contributed by atoms with van der Waals surface area (Å²) >= 11 is -2.00. The molecule has 1 radical (unpaired) electrons. The van der Waals surface area contributed by atoms with E-state index in [4.69, 9.17) is 6.65 Å². The minimum atomic E-state index is -2.00. The van der Waals surface area contributed by atoms with E-state index in [1.54, 1.807) is 0 Å². The number of hydrogen-bond donors (Lipinski definition) is 8. The molecule has 10 nitrogen and oxygen atoms in total. The van der Waals surface area contributed by atoms with Crippen molar-refractivity contribution in [2.45, 2.75) is 146 Å². The van der Waals surface area contributed by atoms with Crippen LogP contribution in [-0.4, -0.2) is 49.3 Å². The maximum atomic E-state index is 8.50. The Hall–Kier alpha value is 0.501. The molecule has 0 spiro atoms. The van der Waals surface area contributed by atoms with Gasteiger partial charge < -0.3 is 6.42 Å². The molecule has 9 fully saturated rings. The zero-order chi connectivity index (χ0) is 28.9. The summed E-state index contributed by atoms with van der Waals surface area (Å²) in [6, 6.07) is 0. The summed E-state index contributed by atoms with van der Waals surface area (Å²) in [6.07, 6.45) is 26.4. The molecule has 4 aliphatic carbocycles. The molecule has 0 aromatic rings. The van der Waals surface area contributed by atoms with E-state index in [0.717, 1.165) is 35.5 Å². The molecule has 4 saturated carbocycles. The molecule has 9 rings (SSSR count). The quantitative estimate of drug-likeness (QED) is 0.142. The van der Waals surface area contributed by atoms with E-state index in [1.165, 1.54) is 96.3 Å². The van der Waals surface area contributed by atoms with Crippen molar-refractivity contribution < 1.29 is 42.5 Å². The molecule has 0 amide bonds. The average Bonchev–Trinajstić information content (AvgIpc) is 3.77. The zero-order valence-corrected chi connectivity index (χ0v) is 28.7. The standard InChI is InChI=1S/C32H55N8.Co.2O.Ti/c1-2-10-18-17(9-1)25-33-26(18)38-28-21-13-5-6-14-22(21)30(35-28)40-32-24-16-8-7-15-23(24)31(36-32)39-29-20-12-4-3-11-19(20)27(34-29)37-25;;;;/h9,17-40H,1-8,10-16H2;;;;/q-1;;;;. The summed E-state index contributed by atoms with van der Waals surface area (Å²) in [5.41, 5.74) is 0. The van der Waals surface area contributed by atoms with Crippen LogP contribution in [0.3, 0.4) is 0 Å². The van der Waals surface area contributed by atoms with Gasteiger partial charge in [-0.15, -0.1) is 5.92 Å². The van der Waals surface area contributed by atoms with E-state index < -0.39 is 19.1 Å². The van der Waals surface area contributed by atoms with Crippen LogP contribution in [0.4, 0.5) is 0 Å². The molecule has 5 saturated heterocycles. The summed E-state index contributed by atoms with van der Waals surface area (Å²) in [6.45, 7) is 0. The molecular weight excluding hydrogens is 635 g/mol. The first-order valence-electron chi connectivity index (χ1n) is 18.1. The van der Waals surface area contributed by atoms with Crippen molar-refractivity contribution in [1.82, 2.24) is 42.5 Å². The summed E-state index contributed by atoms with van der Waals surface area (Å²) in [7, 11) is 0. The van der Waals surface area contributed by atoms with Gasteiger partial charge in [0.05, 0.1) is 43.2 Å². The van der Waals surface area contributed by atoms with Crippen molar-refractivity contribution in [2.75, 3.05) is 0 Å². The third-order valence-corrected chi connectivity index (χ3v) is 13.6. The SMILES string of the molecule is [CH-]1CCCC2C3NC(NC4NC(NC5NC(NC6NC(N3)C3CCCCC63)C3CCCCC53)C3CCCCC43)C12.[Co].[O]=[Ti]=[O]. The van der Waals surface area contributed by atoms with E-state index in [-0.39, 0.29) is 16.8 Å². The van der Waals surface area contributed by atoms with Gasteiger partial charge in [-0.25, -0.2) is 0 Å². The fraction of sp³-hybridized carbons (Fsp3) is 0.969. The van der Waals surface area contributed by atoms with Crippen LogP contribution in [0.1, 0.15) is 96.3 Å². The summed E-state index contributed by atoms with van der Waals surface area (Å²) in [5, 5.41) is 33.7. The fourth-order valence-corrected chi connectivity index (χ4v) is 11.7. The van der Waals surface area contributed by atoms with Gasteiger partial charge in [0.15, 0.2) is 0 Å². The van der Waals surface area contributed by atoms with Crippen molar-refractivity contribution in [1.29, 1.82) is 0 Å². The van der Waals surface area contributed by atoms with Crippen molar-refractivity contribution >= 4 is 0 Å². The molecule has 44 heavy (non-hydrogen) atoms. The second-order valence-corrected chi connectivity index (χ2v) is 15.7. The second kappa shape index (κ2) is 14.5. The predicted molar refractivity (Wildman–Crippen MR) is 158 cm³/mol. The van der Waals surface area contributed by atoms with Crippen LogP contribution >= 0.6 is 0 Å².